The van der Waals surface area contributed by atoms with Gasteiger partial charge in [-0.25, -0.2) is 5.43 Å². The highest BCUT2D eigenvalue weighted by Crippen LogP contribution is 2.26. The second-order valence-corrected chi connectivity index (χ2v) is 6.01. The fourth-order valence-electron chi connectivity index (χ4n) is 2.78. The topological polar surface area (TPSA) is 100 Å². The largest absolute Gasteiger partial charge is 0.504 e. The number of ether oxygens (including phenoxy) is 1. The minimum Gasteiger partial charge on any atom is -0.504 e. The molecule has 0 aromatic heterocycles. The van der Waals surface area contributed by atoms with Gasteiger partial charge in [-0.15, -0.1) is 0 Å². The fourth-order valence-corrected chi connectivity index (χ4v) is 2.78. The number of nitrogens with one attached hydrogen (secondary N) is 2. The number of carbonyl (C=O) groups excluding carboxylic acids is 2. The van der Waals surface area contributed by atoms with Gasteiger partial charge in [0.25, 0.3) is 5.91 Å². The average Bonchev–Trinajstić information content (AvgIpc) is 2.63. The van der Waals surface area contributed by atoms with Gasteiger partial charge < -0.3 is 15.2 Å². The van der Waals surface area contributed by atoms with E-state index in [0.29, 0.717) is 17.9 Å². The van der Waals surface area contributed by atoms with Crippen LogP contribution in [0.3, 0.4) is 0 Å². The van der Waals surface area contributed by atoms with Gasteiger partial charge in [0.1, 0.15) is 0 Å². The molecule has 3 N–H and O–H groups in total. The van der Waals surface area contributed by atoms with Gasteiger partial charge >= 0.3 is 0 Å². The molecule has 1 fully saturated rings. The summed E-state index contributed by atoms with van der Waals surface area (Å²) in [6.07, 6.45) is 6.57. The Kier molecular flexibility index (Phi) is 7.25. The Morgan fingerprint density at radius 1 is 1.32 bits per heavy atom. The van der Waals surface area contributed by atoms with Crippen molar-refractivity contribution in [1.82, 2.24) is 10.7 Å². The molecule has 1 aliphatic rings. The van der Waals surface area contributed by atoms with E-state index < -0.39 is 0 Å². The molecule has 0 heterocycles. The number of hydrogen-bond donors (Lipinski definition) is 3. The van der Waals surface area contributed by atoms with Crippen molar-refractivity contribution in [2.24, 2.45) is 11.0 Å². The Bertz CT molecular complexity index is 625. The van der Waals surface area contributed by atoms with Crippen molar-refractivity contribution in [2.75, 3.05) is 13.2 Å². The maximum absolute atomic E-state index is 12.0. The highest BCUT2D eigenvalue weighted by molar-refractivity contribution is 5.87. The summed E-state index contributed by atoms with van der Waals surface area (Å²) in [5.41, 5.74) is 3.04. The number of aromatic hydroxyl groups is 1. The standard InChI is InChI=1S/C18H25N3O4/c1-2-25-16-10-13(8-9-15(16)22)11-20-21-17(23)12-19-18(24)14-6-4-3-5-7-14/h8-11,14,22H,2-7,12H2,1H3,(H,19,24)(H,21,23). The second-order valence-electron chi connectivity index (χ2n) is 6.01. The van der Waals surface area contributed by atoms with E-state index in [9.17, 15) is 14.7 Å². The average molecular weight is 347 g/mol. The Hall–Kier alpha value is -2.57. The first-order valence-electron chi connectivity index (χ1n) is 8.65. The molecule has 1 aromatic rings. The second kappa shape index (κ2) is 9.66. The number of nitrogens with zero attached hydrogens (tertiary/aromatic N) is 1. The third-order valence-electron chi connectivity index (χ3n) is 4.09. The van der Waals surface area contributed by atoms with Crippen LogP contribution in [-0.2, 0) is 9.59 Å². The van der Waals surface area contributed by atoms with Crippen molar-refractivity contribution >= 4 is 18.0 Å². The molecular formula is C18H25N3O4. The molecule has 0 unspecified atom stereocenters. The first-order chi connectivity index (χ1) is 12.1. The van der Waals surface area contributed by atoms with Gasteiger partial charge in [0.05, 0.1) is 19.4 Å². The lowest BCUT2D eigenvalue weighted by molar-refractivity contribution is -0.129. The summed E-state index contributed by atoms with van der Waals surface area (Å²) in [4.78, 5) is 23.7. The molecule has 0 radical (unpaired) electrons. The number of amides is 2. The lowest BCUT2D eigenvalue weighted by atomic mass is 9.89. The molecule has 1 saturated carbocycles. The molecule has 136 valence electrons. The van der Waals surface area contributed by atoms with Crippen molar-refractivity contribution in [1.29, 1.82) is 0 Å². The molecule has 0 atom stereocenters. The van der Waals surface area contributed by atoms with E-state index in [0.717, 1.165) is 25.7 Å². The van der Waals surface area contributed by atoms with E-state index in [1.54, 1.807) is 12.1 Å². The number of benzene rings is 1. The van der Waals surface area contributed by atoms with Gasteiger partial charge in [-0.1, -0.05) is 19.3 Å². The minimum absolute atomic E-state index is 0.0269. The van der Waals surface area contributed by atoms with Crippen LogP contribution in [0, 0.1) is 5.92 Å². The maximum atomic E-state index is 12.0. The Morgan fingerprint density at radius 2 is 2.08 bits per heavy atom. The van der Waals surface area contributed by atoms with E-state index in [1.165, 1.54) is 18.7 Å². The molecule has 7 heteroatoms. The van der Waals surface area contributed by atoms with Crippen molar-refractivity contribution in [3.63, 3.8) is 0 Å². The Balaban J connectivity index is 1.76. The molecule has 7 nitrogen and oxygen atoms in total. The number of rotatable bonds is 7. The molecule has 1 aromatic carbocycles. The van der Waals surface area contributed by atoms with E-state index in [1.807, 2.05) is 6.92 Å². The summed E-state index contributed by atoms with van der Waals surface area (Å²) < 4.78 is 5.28. The van der Waals surface area contributed by atoms with Crippen LogP contribution in [0.4, 0.5) is 0 Å². The van der Waals surface area contributed by atoms with Crippen LogP contribution in [0.15, 0.2) is 23.3 Å². The quantitative estimate of drug-likeness (QED) is 0.518. The van der Waals surface area contributed by atoms with Crippen molar-refractivity contribution in [3.05, 3.63) is 23.8 Å². The van der Waals surface area contributed by atoms with Crippen LogP contribution in [-0.4, -0.2) is 36.3 Å². The van der Waals surface area contributed by atoms with Gasteiger partial charge in [0.15, 0.2) is 11.5 Å². The van der Waals surface area contributed by atoms with Crippen LogP contribution >= 0.6 is 0 Å². The predicted molar refractivity (Wildman–Crippen MR) is 94.6 cm³/mol. The number of phenols is 1. The van der Waals surface area contributed by atoms with Crippen LogP contribution in [0.25, 0.3) is 0 Å². The molecule has 1 aliphatic carbocycles. The molecule has 25 heavy (non-hydrogen) atoms. The summed E-state index contributed by atoms with van der Waals surface area (Å²) >= 11 is 0. The van der Waals surface area contributed by atoms with Gasteiger partial charge in [0, 0.05) is 5.92 Å². The summed E-state index contributed by atoms with van der Waals surface area (Å²) in [7, 11) is 0. The molecule has 0 saturated heterocycles. The summed E-state index contributed by atoms with van der Waals surface area (Å²) in [5.74, 6) is -0.00652. The SMILES string of the molecule is CCOc1cc(C=NNC(=O)CNC(=O)C2CCCCC2)ccc1O. The maximum Gasteiger partial charge on any atom is 0.259 e. The van der Waals surface area contributed by atoms with Crippen molar-refractivity contribution < 1.29 is 19.4 Å². The summed E-state index contributed by atoms with van der Waals surface area (Å²) in [6.45, 7) is 2.17. The first-order valence-corrected chi connectivity index (χ1v) is 8.65. The summed E-state index contributed by atoms with van der Waals surface area (Å²) in [5, 5.41) is 16.1. The Morgan fingerprint density at radius 3 is 2.80 bits per heavy atom. The van der Waals surface area contributed by atoms with Gasteiger partial charge in [0.2, 0.25) is 5.91 Å². The van der Waals surface area contributed by atoms with Crippen LogP contribution in [0.5, 0.6) is 11.5 Å². The van der Waals surface area contributed by atoms with Gasteiger partial charge in [-0.2, -0.15) is 5.10 Å². The zero-order valence-electron chi connectivity index (χ0n) is 14.5. The third-order valence-corrected chi connectivity index (χ3v) is 4.09. The lowest BCUT2D eigenvalue weighted by Crippen LogP contribution is -2.38. The smallest absolute Gasteiger partial charge is 0.259 e. The molecule has 0 aliphatic heterocycles. The predicted octanol–water partition coefficient (Wildman–Crippen LogP) is 1.94. The van der Waals surface area contributed by atoms with E-state index in [4.69, 9.17) is 4.74 Å². The van der Waals surface area contributed by atoms with E-state index in [-0.39, 0.29) is 30.0 Å². The molecule has 2 amide bonds. The zero-order valence-corrected chi connectivity index (χ0v) is 14.5. The molecular weight excluding hydrogens is 322 g/mol. The lowest BCUT2D eigenvalue weighted by Gasteiger charge is -2.20. The van der Waals surface area contributed by atoms with Gasteiger partial charge in [-0.05, 0) is 43.5 Å². The first kappa shape index (κ1) is 18.8. The van der Waals surface area contributed by atoms with Crippen molar-refractivity contribution in [2.45, 2.75) is 39.0 Å². The summed E-state index contributed by atoms with van der Waals surface area (Å²) in [6, 6.07) is 4.77. The van der Waals surface area contributed by atoms with Crippen LogP contribution in [0.2, 0.25) is 0 Å². The monoisotopic (exact) mass is 347 g/mol. The highest BCUT2D eigenvalue weighted by atomic mass is 16.5. The Labute approximate surface area is 147 Å². The van der Waals surface area contributed by atoms with Crippen molar-refractivity contribution in [3.8, 4) is 11.5 Å². The van der Waals surface area contributed by atoms with Crippen LogP contribution in [0.1, 0.15) is 44.6 Å². The molecule has 0 bridgehead atoms. The van der Waals surface area contributed by atoms with Gasteiger partial charge in [-0.3, -0.25) is 9.59 Å². The highest BCUT2D eigenvalue weighted by Gasteiger charge is 2.21. The minimum atomic E-state index is -0.385. The normalized spacial score (nSPS) is 15.1. The number of carbonyl (C=O) groups is 2. The number of hydrogen-bond acceptors (Lipinski definition) is 5. The fraction of sp³-hybridized carbons (Fsp3) is 0.500. The number of hydrazone groups is 1. The van der Waals surface area contributed by atoms with E-state index in [2.05, 4.69) is 15.8 Å². The van der Waals surface area contributed by atoms with Crippen LogP contribution < -0.4 is 15.5 Å². The van der Waals surface area contributed by atoms with E-state index >= 15 is 0 Å². The molecule has 0 spiro atoms. The zero-order chi connectivity index (χ0) is 18.1. The third kappa shape index (κ3) is 6.10. The number of phenolic OH excluding ortho intramolecular Hbond substituents is 1. The molecule has 2 rings (SSSR count).